The van der Waals surface area contributed by atoms with E-state index in [0.29, 0.717) is 18.5 Å². The van der Waals surface area contributed by atoms with E-state index in [1.807, 2.05) is 6.92 Å². The van der Waals surface area contributed by atoms with Crippen molar-refractivity contribution in [1.82, 2.24) is 24.7 Å². The predicted molar refractivity (Wildman–Crippen MR) is 66.3 cm³/mol. The summed E-state index contributed by atoms with van der Waals surface area (Å²) in [4.78, 5) is 12.3. The van der Waals surface area contributed by atoms with Crippen LogP contribution in [0.4, 0.5) is 11.9 Å². The van der Waals surface area contributed by atoms with Gasteiger partial charge in [-0.25, -0.2) is 4.68 Å². The Morgan fingerprint density at radius 1 is 1.44 bits per heavy atom. The highest BCUT2D eigenvalue weighted by Crippen LogP contribution is 2.07. The Morgan fingerprint density at radius 3 is 2.94 bits per heavy atom. The fourth-order valence-corrected chi connectivity index (χ4v) is 1.45. The molecular formula is C10H15N7O. The molecule has 0 saturated heterocycles. The number of nitrogens with zero attached hydrogens (tertiary/aromatic N) is 5. The van der Waals surface area contributed by atoms with Crippen LogP contribution in [0.15, 0.2) is 18.5 Å². The lowest BCUT2D eigenvalue weighted by molar-refractivity contribution is 0.190. The highest BCUT2D eigenvalue weighted by Gasteiger charge is 2.08. The molecular weight excluding hydrogens is 234 g/mol. The Bertz CT molecular complexity index is 499. The van der Waals surface area contributed by atoms with Gasteiger partial charge in [-0.3, -0.25) is 0 Å². The molecule has 0 amide bonds. The largest absolute Gasteiger partial charge is 0.383 e. The molecule has 8 nitrogen and oxygen atoms in total. The summed E-state index contributed by atoms with van der Waals surface area (Å²) in [5.41, 5.74) is 5.64. The van der Waals surface area contributed by atoms with Gasteiger partial charge in [0.05, 0.1) is 6.61 Å². The summed E-state index contributed by atoms with van der Waals surface area (Å²) < 4.78 is 6.54. The molecule has 0 aliphatic heterocycles. The van der Waals surface area contributed by atoms with Gasteiger partial charge < -0.3 is 15.8 Å². The Hall–Kier alpha value is -2.22. The molecule has 18 heavy (non-hydrogen) atoms. The van der Waals surface area contributed by atoms with E-state index in [1.165, 1.54) is 4.68 Å². The number of hydrogen-bond donors (Lipinski definition) is 2. The minimum absolute atomic E-state index is 0.0715. The topological polar surface area (TPSA) is 104 Å². The maximum absolute atomic E-state index is 5.64. The van der Waals surface area contributed by atoms with E-state index in [1.54, 1.807) is 25.6 Å². The van der Waals surface area contributed by atoms with Crippen molar-refractivity contribution in [3.05, 3.63) is 18.5 Å². The summed E-state index contributed by atoms with van der Waals surface area (Å²) in [5.74, 6) is 0.916. The molecule has 2 aromatic rings. The normalized spacial score (nSPS) is 12.3. The molecule has 0 aromatic carbocycles. The number of methoxy groups -OCH3 is 1. The lowest BCUT2D eigenvalue weighted by Crippen LogP contribution is -2.23. The smallest absolute Gasteiger partial charge is 0.257 e. The molecule has 0 spiro atoms. The van der Waals surface area contributed by atoms with E-state index >= 15 is 0 Å². The van der Waals surface area contributed by atoms with Crippen molar-refractivity contribution in [3.8, 4) is 5.95 Å². The zero-order valence-corrected chi connectivity index (χ0v) is 10.2. The summed E-state index contributed by atoms with van der Waals surface area (Å²) >= 11 is 0. The minimum atomic E-state index is 0.0715. The molecule has 96 valence electrons. The van der Waals surface area contributed by atoms with Crippen LogP contribution in [0.5, 0.6) is 0 Å². The summed E-state index contributed by atoms with van der Waals surface area (Å²) in [7, 11) is 1.63. The van der Waals surface area contributed by atoms with Crippen molar-refractivity contribution in [2.45, 2.75) is 13.0 Å². The molecule has 1 unspecified atom stereocenters. The quantitative estimate of drug-likeness (QED) is 0.773. The molecule has 1 atom stereocenters. The SMILES string of the molecule is COCC(C)Nc1nc(N)nc(-n2cccn2)n1. The van der Waals surface area contributed by atoms with E-state index in [-0.39, 0.29) is 12.0 Å². The highest BCUT2D eigenvalue weighted by atomic mass is 16.5. The minimum Gasteiger partial charge on any atom is -0.383 e. The van der Waals surface area contributed by atoms with E-state index in [4.69, 9.17) is 10.5 Å². The van der Waals surface area contributed by atoms with Gasteiger partial charge in [0.1, 0.15) is 0 Å². The van der Waals surface area contributed by atoms with Crippen molar-refractivity contribution in [2.24, 2.45) is 0 Å². The van der Waals surface area contributed by atoms with Crippen molar-refractivity contribution >= 4 is 11.9 Å². The first-order valence-electron chi connectivity index (χ1n) is 5.46. The van der Waals surface area contributed by atoms with Gasteiger partial charge in [0.25, 0.3) is 5.95 Å². The fourth-order valence-electron chi connectivity index (χ4n) is 1.45. The Labute approximate surface area is 104 Å². The molecule has 0 saturated carbocycles. The van der Waals surface area contributed by atoms with Gasteiger partial charge in [0.15, 0.2) is 0 Å². The lowest BCUT2D eigenvalue weighted by Gasteiger charge is -2.13. The van der Waals surface area contributed by atoms with E-state index in [9.17, 15) is 0 Å². The van der Waals surface area contributed by atoms with Gasteiger partial charge in [-0.2, -0.15) is 20.1 Å². The maximum Gasteiger partial charge on any atom is 0.257 e. The van der Waals surface area contributed by atoms with Crippen LogP contribution in [0.2, 0.25) is 0 Å². The number of rotatable bonds is 5. The number of aromatic nitrogens is 5. The van der Waals surface area contributed by atoms with Gasteiger partial charge in [-0.15, -0.1) is 0 Å². The summed E-state index contributed by atoms with van der Waals surface area (Å²) in [6.07, 6.45) is 3.37. The standard InChI is InChI=1S/C10H15N7O/c1-7(6-18-2)13-9-14-8(11)15-10(16-9)17-5-3-4-12-17/h3-5,7H,6H2,1-2H3,(H3,11,13,14,15,16). The van der Waals surface area contributed by atoms with Crippen molar-refractivity contribution in [1.29, 1.82) is 0 Å². The van der Waals surface area contributed by atoms with Crippen LogP contribution in [0.25, 0.3) is 5.95 Å². The first-order chi connectivity index (χ1) is 8.69. The zero-order chi connectivity index (χ0) is 13.0. The van der Waals surface area contributed by atoms with E-state index in [2.05, 4.69) is 25.4 Å². The van der Waals surface area contributed by atoms with E-state index in [0.717, 1.165) is 0 Å². The van der Waals surface area contributed by atoms with Gasteiger partial charge in [0.2, 0.25) is 11.9 Å². The molecule has 0 aliphatic rings. The monoisotopic (exact) mass is 249 g/mol. The second kappa shape index (κ2) is 5.41. The molecule has 0 aliphatic carbocycles. The summed E-state index contributed by atoms with van der Waals surface area (Å²) in [6, 6.07) is 1.85. The number of anilines is 2. The van der Waals surface area contributed by atoms with Crippen LogP contribution in [0, 0.1) is 0 Å². The molecule has 2 rings (SSSR count). The third-order valence-corrected chi connectivity index (χ3v) is 2.14. The number of ether oxygens (including phenoxy) is 1. The first-order valence-corrected chi connectivity index (χ1v) is 5.46. The van der Waals surface area contributed by atoms with E-state index < -0.39 is 0 Å². The van der Waals surface area contributed by atoms with Crippen LogP contribution < -0.4 is 11.1 Å². The second-order valence-corrected chi connectivity index (χ2v) is 3.77. The molecule has 8 heteroatoms. The van der Waals surface area contributed by atoms with Crippen molar-refractivity contribution < 1.29 is 4.74 Å². The highest BCUT2D eigenvalue weighted by molar-refractivity contribution is 5.35. The molecule has 2 heterocycles. The van der Waals surface area contributed by atoms with Crippen LogP contribution >= 0.6 is 0 Å². The number of nitrogen functional groups attached to an aromatic ring is 1. The molecule has 0 fully saturated rings. The summed E-state index contributed by atoms with van der Waals surface area (Å²) in [6.45, 7) is 2.50. The van der Waals surface area contributed by atoms with Gasteiger partial charge >= 0.3 is 0 Å². The molecule has 0 radical (unpaired) electrons. The third kappa shape index (κ3) is 2.92. The van der Waals surface area contributed by atoms with Gasteiger partial charge in [-0.05, 0) is 13.0 Å². The molecule has 0 bridgehead atoms. The average molecular weight is 249 g/mol. The maximum atomic E-state index is 5.64. The first kappa shape index (κ1) is 12.2. The predicted octanol–water partition coefficient (Wildman–Crippen LogP) is 0.0863. The van der Waals surface area contributed by atoms with Crippen LogP contribution in [-0.4, -0.2) is 44.5 Å². The lowest BCUT2D eigenvalue weighted by atomic mass is 10.4. The zero-order valence-electron chi connectivity index (χ0n) is 10.2. The fraction of sp³-hybridized carbons (Fsp3) is 0.400. The van der Waals surface area contributed by atoms with Crippen LogP contribution in [0.3, 0.4) is 0 Å². The molecule has 2 aromatic heterocycles. The van der Waals surface area contributed by atoms with Crippen molar-refractivity contribution in [3.63, 3.8) is 0 Å². The second-order valence-electron chi connectivity index (χ2n) is 3.77. The molecule has 3 N–H and O–H groups in total. The van der Waals surface area contributed by atoms with Crippen LogP contribution in [0.1, 0.15) is 6.92 Å². The van der Waals surface area contributed by atoms with Crippen molar-refractivity contribution in [2.75, 3.05) is 24.8 Å². The number of hydrogen-bond acceptors (Lipinski definition) is 7. The third-order valence-electron chi connectivity index (χ3n) is 2.14. The number of nitrogens with one attached hydrogen (secondary N) is 1. The Balaban J connectivity index is 2.22. The van der Waals surface area contributed by atoms with Gasteiger partial charge in [0, 0.05) is 25.5 Å². The van der Waals surface area contributed by atoms with Crippen LogP contribution in [-0.2, 0) is 4.74 Å². The number of nitrogens with two attached hydrogens (primary N) is 1. The Morgan fingerprint density at radius 2 is 2.28 bits per heavy atom. The van der Waals surface area contributed by atoms with Gasteiger partial charge in [-0.1, -0.05) is 0 Å². The summed E-state index contributed by atoms with van der Waals surface area (Å²) in [5, 5.41) is 7.12. The Kier molecular flexibility index (Phi) is 3.68. The average Bonchev–Trinajstić information content (AvgIpc) is 2.81.